The molecular weight excluding hydrogens is 328 g/mol. The van der Waals surface area contributed by atoms with E-state index in [0.717, 1.165) is 24.4 Å². The molecule has 7 heteroatoms. The fraction of sp³-hybridized carbons (Fsp3) is 0.412. The van der Waals surface area contributed by atoms with E-state index in [1.54, 1.807) is 11.1 Å². The number of nitrogens with zero attached hydrogens (tertiary/aromatic N) is 3. The molecular formula is C17H23ClN4O2. The zero-order valence-corrected chi connectivity index (χ0v) is 14.5. The van der Waals surface area contributed by atoms with Crippen LogP contribution in [0, 0.1) is 0 Å². The summed E-state index contributed by atoms with van der Waals surface area (Å²) < 4.78 is 7.23. The van der Waals surface area contributed by atoms with Gasteiger partial charge in [0, 0.05) is 45.0 Å². The van der Waals surface area contributed by atoms with Crippen molar-refractivity contribution in [3.63, 3.8) is 0 Å². The Morgan fingerprint density at radius 3 is 2.96 bits per heavy atom. The number of benzene rings is 1. The van der Waals surface area contributed by atoms with Crippen LogP contribution in [0.25, 0.3) is 5.69 Å². The molecule has 1 N–H and O–H groups in total. The first-order valence-electron chi connectivity index (χ1n) is 7.87. The number of hydrogen-bond acceptors (Lipinski definition) is 4. The van der Waals surface area contributed by atoms with Crippen LogP contribution in [0.15, 0.2) is 42.7 Å². The molecule has 1 saturated heterocycles. The van der Waals surface area contributed by atoms with Crippen molar-refractivity contribution in [3.05, 3.63) is 48.3 Å². The smallest absolute Gasteiger partial charge is 0.224 e. The second-order valence-electron chi connectivity index (χ2n) is 5.76. The Morgan fingerprint density at radius 1 is 1.42 bits per heavy atom. The normalized spacial score (nSPS) is 17.1. The Bertz CT molecular complexity index is 642. The van der Waals surface area contributed by atoms with Crippen molar-refractivity contribution in [1.82, 2.24) is 20.0 Å². The van der Waals surface area contributed by atoms with Gasteiger partial charge in [-0.1, -0.05) is 18.2 Å². The summed E-state index contributed by atoms with van der Waals surface area (Å²) in [6, 6.07) is 10.0. The minimum absolute atomic E-state index is 0. The van der Waals surface area contributed by atoms with Gasteiger partial charge < -0.3 is 15.0 Å². The van der Waals surface area contributed by atoms with Gasteiger partial charge in [-0.05, 0) is 17.7 Å². The molecule has 1 aliphatic rings. The highest BCUT2D eigenvalue weighted by molar-refractivity contribution is 5.85. The Morgan fingerprint density at radius 2 is 2.25 bits per heavy atom. The van der Waals surface area contributed by atoms with E-state index in [0.29, 0.717) is 19.6 Å². The molecule has 2 heterocycles. The van der Waals surface area contributed by atoms with Crippen LogP contribution in [-0.2, 0) is 16.1 Å². The number of morpholine rings is 1. The second-order valence-corrected chi connectivity index (χ2v) is 5.76. The van der Waals surface area contributed by atoms with Gasteiger partial charge in [-0.3, -0.25) is 4.79 Å². The predicted octanol–water partition coefficient (Wildman–Crippen LogP) is 1.63. The summed E-state index contributed by atoms with van der Waals surface area (Å²) in [5, 5.41) is 7.60. The molecule has 1 aliphatic heterocycles. The quantitative estimate of drug-likeness (QED) is 0.890. The van der Waals surface area contributed by atoms with E-state index < -0.39 is 0 Å². The van der Waals surface area contributed by atoms with E-state index in [1.807, 2.05) is 48.3 Å². The lowest BCUT2D eigenvalue weighted by atomic mass is 10.1. The minimum Gasteiger partial charge on any atom is -0.378 e. The molecule has 1 unspecified atom stereocenters. The molecule has 0 bridgehead atoms. The van der Waals surface area contributed by atoms with Crippen LogP contribution >= 0.6 is 12.4 Å². The van der Waals surface area contributed by atoms with Gasteiger partial charge >= 0.3 is 0 Å². The summed E-state index contributed by atoms with van der Waals surface area (Å²) in [7, 11) is 1.84. The lowest BCUT2D eigenvalue weighted by Gasteiger charge is -2.26. The van der Waals surface area contributed by atoms with Crippen molar-refractivity contribution >= 4 is 18.3 Å². The van der Waals surface area contributed by atoms with Crippen LogP contribution in [0.4, 0.5) is 0 Å². The number of amides is 1. The fourth-order valence-electron chi connectivity index (χ4n) is 2.74. The van der Waals surface area contributed by atoms with Gasteiger partial charge in [0.2, 0.25) is 5.91 Å². The summed E-state index contributed by atoms with van der Waals surface area (Å²) in [6.45, 7) is 2.69. The molecule has 0 aliphatic carbocycles. The number of rotatable bonds is 5. The molecule has 1 aromatic heterocycles. The summed E-state index contributed by atoms with van der Waals surface area (Å²) in [5.41, 5.74) is 2.07. The first-order valence-corrected chi connectivity index (χ1v) is 7.87. The molecule has 0 radical (unpaired) electrons. The van der Waals surface area contributed by atoms with Gasteiger partial charge in [-0.15, -0.1) is 12.4 Å². The molecule has 0 spiro atoms. The third-order valence-corrected chi connectivity index (χ3v) is 4.00. The van der Waals surface area contributed by atoms with Gasteiger partial charge in [0.05, 0.1) is 18.9 Å². The Balaban J connectivity index is 0.00000208. The number of carbonyl (C=O) groups excluding carboxylic acids is 1. The number of nitrogens with one attached hydrogen (secondary N) is 1. The van der Waals surface area contributed by atoms with Gasteiger partial charge in [0.15, 0.2) is 0 Å². The third kappa shape index (κ3) is 4.56. The topological polar surface area (TPSA) is 59.4 Å². The molecule has 2 aromatic rings. The van der Waals surface area contributed by atoms with Crippen LogP contribution < -0.4 is 5.32 Å². The predicted molar refractivity (Wildman–Crippen MR) is 94.5 cm³/mol. The van der Waals surface area contributed by atoms with Gasteiger partial charge in [0.1, 0.15) is 0 Å². The highest BCUT2D eigenvalue weighted by atomic mass is 35.5. The SMILES string of the molecule is CN(Cc1ccccc1-n1cccn1)C(=O)CC1COCCN1.Cl. The minimum atomic E-state index is 0. The number of aromatic nitrogens is 2. The Kier molecular flexibility index (Phi) is 6.78. The van der Waals surface area contributed by atoms with Gasteiger partial charge in [-0.25, -0.2) is 4.68 Å². The summed E-state index contributed by atoms with van der Waals surface area (Å²) in [4.78, 5) is 14.2. The summed E-state index contributed by atoms with van der Waals surface area (Å²) >= 11 is 0. The van der Waals surface area contributed by atoms with Crippen LogP contribution in [-0.4, -0.2) is 53.4 Å². The van der Waals surface area contributed by atoms with Crippen molar-refractivity contribution in [1.29, 1.82) is 0 Å². The lowest BCUT2D eigenvalue weighted by molar-refractivity contribution is -0.131. The zero-order valence-electron chi connectivity index (χ0n) is 13.7. The average molecular weight is 351 g/mol. The first-order chi connectivity index (χ1) is 11.2. The van der Waals surface area contributed by atoms with Crippen LogP contribution in [0.1, 0.15) is 12.0 Å². The molecule has 1 atom stereocenters. The average Bonchev–Trinajstić information content (AvgIpc) is 3.10. The van der Waals surface area contributed by atoms with E-state index in [4.69, 9.17) is 4.74 Å². The maximum Gasteiger partial charge on any atom is 0.224 e. The summed E-state index contributed by atoms with van der Waals surface area (Å²) in [5.74, 6) is 0.114. The van der Waals surface area contributed by atoms with E-state index in [2.05, 4.69) is 10.4 Å². The van der Waals surface area contributed by atoms with Crippen LogP contribution in [0.3, 0.4) is 0 Å². The molecule has 1 aromatic carbocycles. The van der Waals surface area contributed by atoms with Crippen molar-refractivity contribution in [2.45, 2.75) is 19.0 Å². The Labute approximate surface area is 148 Å². The second kappa shape index (κ2) is 8.82. The highest BCUT2D eigenvalue weighted by Gasteiger charge is 2.20. The van der Waals surface area contributed by atoms with E-state index >= 15 is 0 Å². The zero-order chi connectivity index (χ0) is 16.1. The van der Waals surface area contributed by atoms with Crippen molar-refractivity contribution in [3.8, 4) is 5.69 Å². The number of halogens is 1. The molecule has 1 amide bonds. The standard InChI is InChI=1S/C17H22N4O2.ClH/c1-20(17(22)11-15-13-23-10-8-18-15)12-14-5-2-3-6-16(14)21-9-4-7-19-21;/h2-7,9,15,18H,8,10-13H2,1H3;1H. The molecule has 0 saturated carbocycles. The maximum atomic E-state index is 12.4. The molecule has 24 heavy (non-hydrogen) atoms. The summed E-state index contributed by atoms with van der Waals surface area (Å²) in [6.07, 6.45) is 4.12. The number of para-hydroxylation sites is 1. The number of ether oxygens (including phenoxy) is 1. The monoisotopic (exact) mass is 350 g/mol. The van der Waals surface area contributed by atoms with E-state index in [9.17, 15) is 4.79 Å². The fourth-order valence-corrected chi connectivity index (χ4v) is 2.74. The first kappa shape index (κ1) is 18.4. The number of hydrogen-bond donors (Lipinski definition) is 1. The Hall–Kier alpha value is -1.89. The molecule has 3 rings (SSSR count). The third-order valence-electron chi connectivity index (χ3n) is 4.00. The maximum absolute atomic E-state index is 12.4. The largest absolute Gasteiger partial charge is 0.378 e. The van der Waals surface area contributed by atoms with Gasteiger partial charge in [0.25, 0.3) is 0 Å². The molecule has 130 valence electrons. The lowest BCUT2D eigenvalue weighted by Crippen LogP contribution is -2.44. The van der Waals surface area contributed by atoms with E-state index in [-0.39, 0.29) is 24.4 Å². The van der Waals surface area contributed by atoms with E-state index in [1.165, 1.54) is 0 Å². The van der Waals surface area contributed by atoms with Crippen molar-refractivity contribution < 1.29 is 9.53 Å². The van der Waals surface area contributed by atoms with Crippen molar-refractivity contribution in [2.75, 3.05) is 26.8 Å². The number of carbonyl (C=O) groups is 1. The van der Waals surface area contributed by atoms with Gasteiger partial charge in [-0.2, -0.15) is 5.10 Å². The van der Waals surface area contributed by atoms with Crippen LogP contribution in [0.5, 0.6) is 0 Å². The molecule has 6 nitrogen and oxygen atoms in total. The molecule has 1 fully saturated rings. The van der Waals surface area contributed by atoms with Crippen LogP contribution in [0.2, 0.25) is 0 Å². The van der Waals surface area contributed by atoms with Crippen molar-refractivity contribution in [2.24, 2.45) is 0 Å². The highest BCUT2D eigenvalue weighted by Crippen LogP contribution is 2.16.